The van der Waals surface area contributed by atoms with Gasteiger partial charge in [0, 0.05) is 6.20 Å². The van der Waals surface area contributed by atoms with Gasteiger partial charge in [0.05, 0.1) is 34.3 Å². The molecular formula is C19H18N6O3S2. The van der Waals surface area contributed by atoms with Crippen molar-refractivity contribution in [1.29, 1.82) is 0 Å². The Kier molecular flexibility index (Phi) is 4.72. The fourth-order valence-corrected chi connectivity index (χ4v) is 4.69. The van der Waals surface area contributed by atoms with Crippen molar-refractivity contribution in [2.24, 2.45) is 5.73 Å². The topological polar surface area (TPSA) is 129 Å². The van der Waals surface area contributed by atoms with Crippen molar-refractivity contribution in [2.45, 2.75) is 31.3 Å². The minimum absolute atomic E-state index is 0.0213. The van der Waals surface area contributed by atoms with Gasteiger partial charge in [-0.1, -0.05) is 17.4 Å². The predicted molar refractivity (Wildman–Crippen MR) is 112 cm³/mol. The highest BCUT2D eigenvalue weighted by molar-refractivity contribution is 7.19. The summed E-state index contributed by atoms with van der Waals surface area (Å²) in [6, 6.07) is 6.10. The maximum Gasteiger partial charge on any atom is 0.273 e. The van der Waals surface area contributed by atoms with Crippen LogP contribution < -0.4 is 15.8 Å². The molecule has 3 N–H and O–H groups in total. The molecule has 0 radical (unpaired) electrons. The van der Waals surface area contributed by atoms with Crippen LogP contribution in [0, 0.1) is 0 Å². The summed E-state index contributed by atoms with van der Waals surface area (Å²) in [6.45, 7) is 0. The Hall–Kier alpha value is -2.89. The fourth-order valence-electron chi connectivity index (χ4n) is 2.97. The number of hydrogen-bond acceptors (Lipinski definition) is 10. The summed E-state index contributed by atoms with van der Waals surface area (Å²) >= 11 is 3.07. The van der Waals surface area contributed by atoms with Gasteiger partial charge in [-0.05, 0) is 30.5 Å². The number of fused-ring (bicyclic) bond motifs is 1. The largest absolute Gasteiger partial charge is 0.473 e. The number of ether oxygens (including phenoxy) is 1. The lowest BCUT2D eigenvalue weighted by Crippen LogP contribution is -2.44. The SMILES string of the molecule is COc1ncc(-c2ccc3nc(Cc4nnc(CC(=O)NC5(N)CC5)o4)sc3c2)s1. The molecule has 0 bridgehead atoms. The van der Waals surface area contributed by atoms with Gasteiger partial charge >= 0.3 is 0 Å². The van der Waals surface area contributed by atoms with E-state index in [2.05, 4.69) is 31.5 Å². The maximum atomic E-state index is 12.0. The number of nitrogens with zero attached hydrogens (tertiary/aromatic N) is 4. The molecule has 1 amide bonds. The zero-order valence-electron chi connectivity index (χ0n) is 16.0. The van der Waals surface area contributed by atoms with Crippen molar-refractivity contribution in [3.63, 3.8) is 0 Å². The highest BCUT2D eigenvalue weighted by Gasteiger charge is 2.39. The summed E-state index contributed by atoms with van der Waals surface area (Å²) in [5, 5.41) is 12.3. The van der Waals surface area contributed by atoms with E-state index in [9.17, 15) is 4.79 Å². The van der Waals surface area contributed by atoms with E-state index in [4.69, 9.17) is 14.9 Å². The number of carbonyl (C=O) groups excluding carboxylic acids is 1. The highest BCUT2D eigenvalue weighted by Crippen LogP contribution is 2.34. The third-order valence-electron chi connectivity index (χ3n) is 4.68. The quantitative estimate of drug-likeness (QED) is 0.418. The molecule has 5 rings (SSSR count). The van der Waals surface area contributed by atoms with Gasteiger partial charge in [-0.15, -0.1) is 21.5 Å². The van der Waals surface area contributed by atoms with Crippen LogP contribution in [-0.2, 0) is 17.6 Å². The van der Waals surface area contributed by atoms with E-state index in [0.717, 1.165) is 38.5 Å². The Bertz CT molecular complexity index is 1230. The van der Waals surface area contributed by atoms with Gasteiger partial charge in [0.15, 0.2) is 0 Å². The number of hydrogen-bond donors (Lipinski definition) is 2. The molecule has 11 heteroatoms. The molecule has 0 unspecified atom stereocenters. The second-order valence-electron chi connectivity index (χ2n) is 7.13. The van der Waals surface area contributed by atoms with E-state index in [1.54, 1.807) is 24.6 Å². The highest BCUT2D eigenvalue weighted by atomic mass is 32.1. The van der Waals surface area contributed by atoms with Crippen LogP contribution in [0.2, 0.25) is 0 Å². The summed E-state index contributed by atoms with van der Waals surface area (Å²) < 4.78 is 11.9. The summed E-state index contributed by atoms with van der Waals surface area (Å²) in [5.74, 6) is 0.491. The molecular weight excluding hydrogens is 424 g/mol. The molecule has 1 aromatic carbocycles. The summed E-state index contributed by atoms with van der Waals surface area (Å²) in [4.78, 5) is 21.9. The van der Waals surface area contributed by atoms with Crippen molar-refractivity contribution < 1.29 is 13.9 Å². The van der Waals surface area contributed by atoms with Crippen molar-refractivity contribution in [3.05, 3.63) is 41.2 Å². The molecule has 4 aromatic rings. The first-order valence-corrected chi connectivity index (χ1v) is 10.9. The van der Waals surface area contributed by atoms with E-state index in [1.807, 2.05) is 12.1 Å². The van der Waals surface area contributed by atoms with Crippen molar-refractivity contribution in [1.82, 2.24) is 25.5 Å². The molecule has 0 saturated heterocycles. The van der Waals surface area contributed by atoms with Crippen molar-refractivity contribution >= 4 is 38.8 Å². The Labute approximate surface area is 179 Å². The van der Waals surface area contributed by atoms with E-state index >= 15 is 0 Å². The Balaban J connectivity index is 1.28. The van der Waals surface area contributed by atoms with Gasteiger partial charge in [-0.25, -0.2) is 9.97 Å². The molecule has 0 atom stereocenters. The minimum Gasteiger partial charge on any atom is -0.473 e. The van der Waals surface area contributed by atoms with Crippen LogP contribution in [0.25, 0.3) is 20.7 Å². The van der Waals surface area contributed by atoms with Crippen molar-refractivity contribution in [2.75, 3.05) is 7.11 Å². The predicted octanol–water partition coefficient (Wildman–Crippen LogP) is 2.51. The normalized spacial score (nSPS) is 14.7. The number of rotatable bonds is 7. The number of nitrogens with one attached hydrogen (secondary N) is 1. The van der Waals surface area contributed by atoms with Gasteiger partial charge in [0.2, 0.25) is 17.7 Å². The second kappa shape index (κ2) is 7.42. The summed E-state index contributed by atoms with van der Waals surface area (Å²) in [6.07, 6.45) is 3.83. The Morgan fingerprint density at radius 2 is 2.13 bits per heavy atom. The molecule has 1 aliphatic rings. The monoisotopic (exact) mass is 442 g/mol. The summed E-state index contributed by atoms with van der Waals surface area (Å²) in [7, 11) is 1.61. The van der Waals surface area contributed by atoms with Gasteiger partial charge in [0.1, 0.15) is 11.4 Å². The molecule has 1 aliphatic carbocycles. The molecule has 1 fully saturated rings. The molecule has 1 saturated carbocycles. The number of methoxy groups -OCH3 is 1. The van der Waals surface area contributed by atoms with E-state index in [-0.39, 0.29) is 18.2 Å². The van der Waals surface area contributed by atoms with Crippen LogP contribution in [0.15, 0.2) is 28.8 Å². The lowest BCUT2D eigenvalue weighted by atomic mass is 10.2. The Morgan fingerprint density at radius 1 is 1.30 bits per heavy atom. The molecule has 9 nitrogen and oxygen atoms in total. The number of benzene rings is 1. The van der Waals surface area contributed by atoms with Gasteiger partial charge in [-0.2, -0.15) is 0 Å². The lowest BCUT2D eigenvalue weighted by Gasteiger charge is -2.09. The number of nitrogens with two attached hydrogens (primary N) is 1. The Morgan fingerprint density at radius 3 is 2.90 bits per heavy atom. The smallest absolute Gasteiger partial charge is 0.273 e. The van der Waals surface area contributed by atoms with E-state index in [0.29, 0.717) is 17.5 Å². The number of amides is 1. The lowest BCUT2D eigenvalue weighted by molar-refractivity contribution is -0.121. The van der Waals surface area contributed by atoms with Gasteiger partial charge in [-0.3, -0.25) is 4.79 Å². The standard InChI is InChI=1S/C19H18N6O3S2/c1-27-18-21-9-13(30-18)10-2-3-11-12(6-10)29-17(22-11)8-16-25-24-15(28-16)7-14(26)23-19(20)4-5-19/h2-3,6,9H,4-5,7-8,20H2,1H3,(H,23,26). The summed E-state index contributed by atoms with van der Waals surface area (Å²) in [5.41, 5.74) is 7.31. The molecule has 30 heavy (non-hydrogen) atoms. The number of thiazole rings is 2. The molecule has 0 spiro atoms. The van der Waals surface area contributed by atoms with Gasteiger partial charge in [0.25, 0.3) is 5.19 Å². The number of aromatic nitrogens is 4. The van der Waals surface area contributed by atoms with Crippen LogP contribution in [0.1, 0.15) is 29.6 Å². The van der Waals surface area contributed by atoms with Crippen LogP contribution in [0.3, 0.4) is 0 Å². The first-order chi connectivity index (χ1) is 14.5. The van der Waals surface area contributed by atoms with Crippen molar-refractivity contribution in [3.8, 4) is 15.6 Å². The maximum absolute atomic E-state index is 12.0. The molecule has 0 aliphatic heterocycles. The molecule has 3 aromatic heterocycles. The van der Waals surface area contributed by atoms with Crippen LogP contribution in [0.4, 0.5) is 0 Å². The van der Waals surface area contributed by atoms with E-state index < -0.39 is 5.66 Å². The average molecular weight is 443 g/mol. The zero-order valence-corrected chi connectivity index (χ0v) is 17.7. The van der Waals surface area contributed by atoms with E-state index in [1.165, 1.54) is 11.3 Å². The minimum atomic E-state index is -0.551. The molecule has 154 valence electrons. The average Bonchev–Trinajstić information content (AvgIpc) is 3.15. The zero-order chi connectivity index (χ0) is 20.7. The third-order valence-corrected chi connectivity index (χ3v) is 6.70. The third kappa shape index (κ3) is 4.04. The van der Waals surface area contributed by atoms with Gasteiger partial charge < -0.3 is 20.2 Å². The molecule has 3 heterocycles. The fraction of sp³-hybridized carbons (Fsp3) is 0.316. The van der Waals surface area contributed by atoms with Crippen LogP contribution >= 0.6 is 22.7 Å². The first kappa shape index (κ1) is 19.1. The first-order valence-electron chi connectivity index (χ1n) is 9.30. The van der Waals surface area contributed by atoms with Crippen LogP contribution in [0.5, 0.6) is 5.19 Å². The van der Waals surface area contributed by atoms with Crippen LogP contribution in [-0.4, -0.2) is 38.8 Å². The second-order valence-corrected chi connectivity index (χ2v) is 9.24. The number of carbonyl (C=O) groups is 1.